The molecule has 0 aliphatic rings. The molecule has 13 heavy (non-hydrogen) atoms. The number of hydrogen-bond donors (Lipinski definition) is 0. The number of aryl methyl sites for hydroxylation is 1. The van der Waals surface area contributed by atoms with E-state index in [1.165, 1.54) is 10.6 Å². The standard InChI is InChI=1S/C9H9ClN2O/c10-8-3-4-9(13)12(7-8)6-2-1-5-11/h3-4,7H,1-2,6H2. The van der Waals surface area contributed by atoms with Gasteiger partial charge in [-0.25, -0.2) is 0 Å². The van der Waals surface area contributed by atoms with Gasteiger partial charge in [0, 0.05) is 25.2 Å². The van der Waals surface area contributed by atoms with Crippen molar-refractivity contribution >= 4 is 11.6 Å². The zero-order valence-electron chi connectivity index (χ0n) is 7.03. The van der Waals surface area contributed by atoms with Gasteiger partial charge in [0.25, 0.3) is 5.56 Å². The van der Waals surface area contributed by atoms with Gasteiger partial charge in [-0.2, -0.15) is 5.26 Å². The molecular weight excluding hydrogens is 188 g/mol. The lowest BCUT2D eigenvalue weighted by Crippen LogP contribution is -2.17. The molecule has 0 fully saturated rings. The van der Waals surface area contributed by atoms with E-state index in [-0.39, 0.29) is 5.56 Å². The summed E-state index contributed by atoms with van der Waals surface area (Å²) in [5, 5.41) is 8.84. The van der Waals surface area contributed by atoms with Gasteiger partial charge in [0.1, 0.15) is 0 Å². The van der Waals surface area contributed by atoms with E-state index >= 15 is 0 Å². The van der Waals surface area contributed by atoms with Crippen molar-refractivity contribution in [1.29, 1.82) is 5.26 Å². The van der Waals surface area contributed by atoms with E-state index in [4.69, 9.17) is 16.9 Å². The van der Waals surface area contributed by atoms with Crippen molar-refractivity contribution in [3.05, 3.63) is 33.7 Å². The highest BCUT2D eigenvalue weighted by molar-refractivity contribution is 6.30. The lowest BCUT2D eigenvalue weighted by Gasteiger charge is -2.02. The van der Waals surface area contributed by atoms with Gasteiger partial charge in [-0.05, 0) is 12.5 Å². The van der Waals surface area contributed by atoms with Crippen molar-refractivity contribution < 1.29 is 0 Å². The monoisotopic (exact) mass is 196 g/mol. The Bertz CT molecular complexity index is 378. The number of nitriles is 1. The van der Waals surface area contributed by atoms with Gasteiger partial charge in [-0.1, -0.05) is 11.6 Å². The summed E-state index contributed by atoms with van der Waals surface area (Å²) in [4.78, 5) is 11.2. The lowest BCUT2D eigenvalue weighted by molar-refractivity contribution is 0.632. The molecule has 0 amide bonds. The third-order valence-electron chi connectivity index (χ3n) is 1.63. The van der Waals surface area contributed by atoms with Crippen molar-refractivity contribution in [1.82, 2.24) is 4.57 Å². The zero-order valence-corrected chi connectivity index (χ0v) is 7.79. The van der Waals surface area contributed by atoms with Gasteiger partial charge in [0.15, 0.2) is 0 Å². The Morgan fingerprint density at radius 3 is 3.00 bits per heavy atom. The molecular formula is C9H9ClN2O. The van der Waals surface area contributed by atoms with Crippen LogP contribution in [0.1, 0.15) is 12.8 Å². The summed E-state index contributed by atoms with van der Waals surface area (Å²) < 4.78 is 1.51. The van der Waals surface area contributed by atoms with Gasteiger partial charge in [0.2, 0.25) is 0 Å². The minimum atomic E-state index is -0.0812. The first kappa shape index (κ1) is 9.82. The fourth-order valence-electron chi connectivity index (χ4n) is 1.01. The minimum absolute atomic E-state index is 0.0812. The maximum absolute atomic E-state index is 11.2. The van der Waals surface area contributed by atoms with Gasteiger partial charge >= 0.3 is 0 Å². The summed E-state index contributed by atoms with van der Waals surface area (Å²) in [5.41, 5.74) is -0.0812. The summed E-state index contributed by atoms with van der Waals surface area (Å²) >= 11 is 5.70. The second kappa shape index (κ2) is 4.68. The Labute approximate surface area is 81.2 Å². The predicted molar refractivity (Wildman–Crippen MR) is 50.6 cm³/mol. The highest BCUT2D eigenvalue weighted by atomic mass is 35.5. The first-order valence-corrected chi connectivity index (χ1v) is 4.35. The molecule has 0 spiro atoms. The average molecular weight is 197 g/mol. The van der Waals surface area contributed by atoms with E-state index in [2.05, 4.69) is 0 Å². The zero-order chi connectivity index (χ0) is 9.68. The number of aromatic nitrogens is 1. The summed E-state index contributed by atoms with van der Waals surface area (Å²) in [6, 6.07) is 5.01. The SMILES string of the molecule is N#CCCCn1cc(Cl)ccc1=O. The number of rotatable bonds is 3. The fraction of sp³-hybridized carbons (Fsp3) is 0.333. The van der Waals surface area contributed by atoms with Gasteiger partial charge in [0.05, 0.1) is 11.1 Å². The third kappa shape index (κ3) is 2.92. The average Bonchev–Trinajstić information content (AvgIpc) is 2.11. The molecule has 1 aromatic rings. The van der Waals surface area contributed by atoms with Crippen molar-refractivity contribution in [2.24, 2.45) is 0 Å². The van der Waals surface area contributed by atoms with E-state index in [1.54, 1.807) is 12.3 Å². The molecule has 68 valence electrons. The summed E-state index contributed by atoms with van der Waals surface area (Å²) in [6.45, 7) is 0.549. The van der Waals surface area contributed by atoms with Gasteiger partial charge in [-0.3, -0.25) is 4.79 Å². The summed E-state index contributed by atoms with van der Waals surface area (Å²) in [5.74, 6) is 0. The highest BCUT2D eigenvalue weighted by Crippen LogP contribution is 2.03. The van der Waals surface area contributed by atoms with E-state index < -0.39 is 0 Å². The molecule has 3 nitrogen and oxygen atoms in total. The van der Waals surface area contributed by atoms with Crippen molar-refractivity contribution in [2.45, 2.75) is 19.4 Å². The normalized spacial score (nSPS) is 9.54. The van der Waals surface area contributed by atoms with E-state index in [0.717, 1.165) is 0 Å². The number of hydrogen-bond acceptors (Lipinski definition) is 2. The number of pyridine rings is 1. The second-order valence-electron chi connectivity index (χ2n) is 2.64. The van der Waals surface area contributed by atoms with Gasteiger partial charge in [-0.15, -0.1) is 0 Å². The summed E-state index contributed by atoms with van der Waals surface area (Å²) in [6.07, 6.45) is 2.72. The molecule has 1 heterocycles. The molecule has 0 aromatic carbocycles. The molecule has 0 atom stereocenters. The Balaban J connectivity index is 2.71. The fourth-order valence-corrected chi connectivity index (χ4v) is 1.19. The molecule has 0 N–H and O–H groups in total. The number of nitrogens with zero attached hydrogens (tertiary/aromatic N) is 2. The minimum Gasteiger partial charge on any atom is -0.314 e. The Morgan fingerprint density at radius 2 is 2.31 bits per heavy atom. The Hall–Kier alpha value is -1.27. The largest absolute Gasteiger partial charge is 0.314 e. The van der Waals surface area contributed by atoms with E-state index in [9.17, 15) is 4.79 Å². The lowest BCUT2D eigenvalue weighted by atomic mass is 10.3. The first-order chi connectivity index (χ1) is 6.24. The second-order valence-corrected chi connectivity index (χ2v) is 3.08. The number of halogens is 1. The molecule has 1 aromatic heterocycles. The molecule has 0 unspecified atom stereocenters. The van der Waals surface area contributed by atoms with Gasteiger partial charge < -0.3 is 4.57 Å². The molecule has 0 aliphatic carbocycles. The topological polar surface area (TPSA) is 45.8 Å². The van der Waals surface area contributed by atoms with Crippen molar-refractivity contribution in [3.8, 4) is 6.07 Å². The molecule has 0 bridgehead atoms. The molecule has 0 saturated carbocycles. The third-order valence-corrected chi connectivity index (χ3v) is 1.86. The van der Waals surface area contributed by atoms with Crippen LogP contribution in [-0.2, 0) is 6.54 Å². The van der Waals surface area contributed by atoms with Crippen LogP contribution in [0, 0.1) is 11.3 Å². The highest BCUT2D eigenvalue weighted by Gasteiger charge is 1.95. The van der Waals surface area contributed by atoms with Crippen LogP contribution in [0.4, 0.5) is 0 Å². The molecule has 0 saturated heterocycles. The molecule has 0 aliphatic heterocycles. The van der Waals surface area contributed by atoms with Crippen LogP contribution in [0.25, 0.3) is 0 Å². The maximum atomic E-state index is 11.2. The molecule has 1 rings (SSSR count). The molecule has 4 heteroatoms. The van der Waals surface area contributed by atoms with Crippen LogP contribution in [0.15, 0.2) is 23.1 Å². The first-order valence-electron chi connectivity index (χ1n) is 3.97. The Kier molecular flexibility index (Phi) is 3.53. The van der Waals surface area contributed by atoms with Crippen molar-refractivity contribution in [2.75, 3.05) is 0 Å². The smallest absolute Gasteiger partial charge is 0.250 e. The Morgan fingerprint density at radius 1 is 1.54 bits per heavy atom. The van der Waals surface area contributed by atoms with Crippen LogP contribution < -0.4 is 5.56 Å². The van der Waals surface area contributed by atoms with E-state index in [0.29, 0.717) is 24.4 Å². The quantitative estimate of drug-likeness (QED) is 0.693. The summed E-state index contributed by atoms with van der Waals surface area (Å²) in [7, 11) is 0. The predicted octanol–water partition coefficient (Wildman–Crippen LogP) is 1.81. The van der Waals surface area contributed by atoms with Crippen LogP contribution in [-0.4, -0.2) is 4.57 Å². The van der Waals surface area contributed by atoms with Crippen molar-refractivity contribution in [3.63, 3.8) is 0 Å². The van der Waals surface area contributed by atoms with Crippen LogP contribution >= 0.6 is 11.6 Å². The maximum Gasteiger partial charge on any atom is 0.250 e. The van der Waals surface area contributed by atoms with Crippen LogP contribution in [0.3, 0.4) is 0 Å². The molecule has 0 radical (unpaired) electrons. The van der Waals surface area contributed by atoms with Crippen LogP contribution in [0.2, 0.25) is 5.02 Å². The number of unbranched alkanes of at least 4 members (excludes halogenated alkanes) is 1. The van der Waals surface area contributed by atoms with Crippen LogP contribution in [0.5, 0.6) is 0 Å². The van der Waals surface area contributed by atoms with E-state index in [1.807, 2.05) is 6.07 Å².